The normalized spacial score (nSPS) is 16.8. The van der Waals surface area contributed by atoms with Gasteiger partial charge >= 0.3 is 5.97 Å². The Kier molecular flexibility index (Phi) is 8.25. The lowest BCUT2D eigenvalue weighted by atomic mass is 9.97. The Bertz CT molecular complexity index is 942. The van der Waals surface area contributed by atoms with Gasteiger partial charge in [0.25, 0.3) is 12.4 Å². The van der Waals surface area contributed by atoms with Crippen molar-refractivity contribution in [3.05, 3.63) is 64.7 Å². The van der Waals surface area contributed by atoms with E-state index in [0.717, 1.165) is 62.1 Å². The van der Waals surface area contributed by atoms with Crippen molar-refractivity contribution < 1.29 is 24.2 Å². The summed E-state index contributed by atoms with van der Waals surface area (Å²) in [6.07, 6.45) is 4.44. The average molecular weight is 439 g/mol. The van der Waals surface area contributed by atoms with Crippen LogP contribution >= 0.6 is 0 Å². The van der Waals surface area contributed by atoms with Crippen LogP contribution < -0.4 is 5.32 Å². The largest absolute Gasteiger partial charge is 0.483 e. The van der Waals surface area contributed by atoms with Gasteiger partial charge in [-0.2, -0.15) is 0 Å². The molecule has 1 atom stereocenters. The molecule has 0 aromatic heterocycles. The van der Waals surface area contributed by atoms with Crippen LogP contribution in [-0.2, 0) is 33.6 Å². The van der Waals surface area contributed by atoms with Crippen molar-refractivity contribution in [2.45, 2.75) is 32.1 Å². The summed E-state index contributed by atoms with van der Waals surface area (Å²) in [6, 6.07) is 14.2. The van der Waals surface area contributed by atoms with Crippen LogP contribution in [0.5, 0.6) is 0 Å². The molecule has 0 bridgehead atoms. The molecule has 7 nitrogen and oxygen atoms in total. The topological polar surface area (TPSA) is 95.9 Å². The number of anilines is 1. The van der Waals surface area contributed by atoms with E-state index >= 15 is 0 Å². The zero-order valence-corrected chi connectivity index (χ0v) is 18.4. The summed E-state index contributed by atoms with van der Waals surface area (Å²) in [5.74, 6) is 0.394. The predicted octanol–water partition coefficient (Wildman–Crippen LogP) is 3.17. The smallest absolute Gasteiger partial charge is 0.309 e. The number of likely N-dealkylation sites (tertiary alicyclic amines) is 1. The summed E-state index contributed by atoms with van der Waals surface area (Å²) < 4.78 is 4.72. The van der Waals surface area contributed by atoms with Crippen molar-refractivity contribution >= 4 is 24.0 Å². The summed E-state index contributed by atoms with van der Waals surface area (Å²) in [5.41, 5.74) is 5.31. The van der Waals surface area contributed by atoms with E-state index in [1.54, 1.807) is 0 Å². The SMILES string of the molecule is COC(=O)Cc1ccc(CC2CCN(C(=O)c3cccc4c3NCCC4)C2)cc1.O=CO. The molecule has 1 fully saturated rings. The summed E-state index contributed by atoms with van der Waals surface area (Å²) in [4.78, 5) is 34.9. The Labute approximate surface area is 188 Å². The fraction of sp³-hybridized carbons (Fsp3) is 0.400. The molecule has 32 heavy (non-hydrogen) atoms. The van der Waals surface area contributed by atoms with E-state index in [1.165, 1.54) is 18.2 Å². The van der Waals surface area contributed by atoms with Crippen LogP contribution in [-0.4, -0.2) is 55.1 Å². The number of nitrogens with zero attached hydrogens (tertiary/aromatic N) is 1. The number of para-hydroxylation sites is 1. The molecule has 4 rings (SSSR count). The van der Waals surface area contributed by atoms with Crippen LogP contribution in [0.3, 0.4) is 0 Å². The summed E-state index contributed by atoms with van der Waals surface area (Å²) in [6.45, 7) is 2.30. The third-order valence-corrected chi connectivity index (χ3v) is 6.00. The van der Waals surface area contributed by atoms with Gasteiger partial charge in [-0.05, 0) is 54.4 Å². The number of nitrogens with one attached hydrogen (secondary N) is 1. The zero-order chi connectivity index (χ0) is 22.9. The molecule has 0 spiro atoms. The Hall–Kier alpha value is -3.35. The third-order valence-electron chi connectivity index (χ3n) is 6.00. The molecule has 7 heteroatoms. The van der Waals surface area contributed by atoms with Gasteiger partial charge in [0, 0.05) is 19.6 Å². The first-order valence-corrected chi connectivity index (χ1v) is 10.9. The highest BCUT2D eigenvalue weighted by Crippen LogP contribution is 2.29. The molecule has 0 radical (unpaired) electrons. The molecule has 1 amide bonds. The zero-order valence-electron chi connectivity index (χ0n) is 18.4. The van der Waals surface area contributed by atoms with Crippen LogP contribution in [0.1, 0.15) is 39.9 Å². The van der Waals surface area contributed by atoms with Gasteiger partial charge in [0.05, 0.1) is 24.8 Å². The minimum Gasteiger partial charge on any atom is -0.483 e. The number of methoxy groups -OCH3 is 1. The number of aryl methyl sites for hydroxylation is 1. The van der Waals surface area contributed by atoms with E-state index < -0.39 is 0 Å². The quantitative estimate of drug-likeness (QED) is 0.550. The van der Waals surface area contributed by atoms with Crippen molar-refractivity contribution in [3.63, 3.8) is 0 Å². The van der Waals surface area contributed by atoms with Crippen molar-refractivity contribution in [2.75, 3.05) is 32.1 Å². The average Bonchev–Trinajstić information content (AvgIpc) is 3.28. The number of carboxylic acid groups (broad SMARTS) is 1. The van der Waals surface area contributed by atoms with Gasteiger partial charge in [-0.1, -0.05) is 36.4 Å². The van der Waals surface area contributed by atoms with Crippen LogP contribution in [0, 0.1) is 5.92 Å². The second-order valence-electron chi connectivity index (χ2n) is 8.15. The van der Waals surface area contributed by atoms with Gasteiger partial charge in [0.2, 0.25) is 0 Å². The van der Waals surface area contributed by atoms with E-state index in [2.05, 4.69) is 23.5 Å². The van der Waals surface area contributed by atoms with Crippen molar-refractivity contribution in [1.82, 2.24) is 4.90 Å². The summed E-state index contributed by atoms with van der Waals surface area (Å²) >= 11 is 0. The molecule has 2 aromatic carbocycles. The maximum atomic E-state index is 13.1. The fourth-order valence-electron chi connectivity index (χ4n) is 4.41. The molecule has 2 aliphatic heterocycles. The molecule has 2 aliphatic rings. The number of carbonyl (C=O) groups excluding carboxylic acids is 2. The summed E-state index contributed by atoms with van der Waals surface area (Å²) in [5, 5.41) is 10.3. The molecule has 2 aromatic rings. The molecule has 0 aliphatic carbocycles. The van der Waals surface area contributed by atoms with Gasteiger partial charge in [-0.15, -0.1) is 0 Å². The number of rotatable bonds is 5. The van der Waals surface area contributed by atoms with Crippen molar-refractivity contribution in [1.29, 1.82) is 0 Å². The highest BCUT2D eigenvalue weighted by Gasteiger charge is 2.29. The maximum Gasteiger partial charge on any atom is 0.309 e. The molecule has 1 unspecified atom stereocenters. The van der Waals surface area contributed by atoms with E-state index in [9.17, 15) is 9.59 Å². The van der Waals surface area contributed by atoms with Gasteiger partial charge in [-0.3, -0.25) is 14.4 Å². The number of ether oxygens (including phenoxy) is 1. The molecule has 0 saturated carbocycles. The van der Waals surface area contributed by atoms with E-state index in [0.29, 0.717) is 12.3 Å². The van der Waals surface area contributed by atoms with E-state index in [1.807, 2.05) is 29.2 Å². The number of esters is 1. The van der Waals surface area contributed by atoms with Gasteiger partial charge in [-0.25, -0.2) is 0 Å². The highest BCUT2D eigenvalue weighted by atomic mass is 16.5. The van der Waals surface area contributed by atoms with Gasteiger partial charge in [0.15, 0.2) is 0 Å². The first-order valence-electron chi connectivity index (χ1n) is 10.9. The predicted molar refractivity (Wildman–Crippen MR) is 122 cm³/mol. The molecule has 170 valence electrons. The monoisotopic (exact) mass is 438 g/mol. The fourth-order valence-corrected chi connectivity index (χ4v) is 4.41. The number of amides is 1. The van der Waals surface area contributed by atoms with Crippen LogP contribution in [0.4, 0.5) is 5.69 Å². The number of carbonyl (C=O) groups is 3. The standard InChI is InChI=1S/C24H28N2O3.CH2O2/c1-29-22(27)15-18-9-7-17(8-10-18)14-19-11-13-26(16-19)24(28)21-6-2-4-20-5-3-12-25-23(20)21;2-1-3/h2,4,6-10,19,25H,3,5,11-16H2,1H3;1H,(H,2,3). The highest BCUT2D eigenvalue weighted by molar-refractivity contribution is 6.00. The van der Waals surface area contributed by atoms with Crippen LogP contribution in [0.15, 0.2) is 42.5 Å². The lowest BCUT2D eigenvalue weighted by Crippen LogP contribution is -2.30. The molecular formula is C25H30N2O5. The van der Waals surface area contributed by atoms with E-state index in [-0.39, 0.29) is 18.3 Å². The number of hydrogen-bond donors (Lipinski definition) is 2. The summed E-state index contributed by atoms with van der Waals surface area (Å²) in [7, 11) is 1.41. The minimum atomic E-state index is -0.250. The van der Waals surface area contributed by atoms with Gasteiger partial charge < -0.3 is 20.1 Å². The Balaban J connectivity index is 0.000000913. The van der Waals surface area contributed by atoms with Crippen molar-refractivity contribution in [3.8, 4) is 0 Å². The van der Waals surface area contributed by atoms with E-state index in [4.69, 9.17) is 14.6 Å². The first-order chi connectivity index (χ1) is 15.5. The second kappa shape index (κ2) is 11.3. The second-order valence-corrected chi connectivity index (χ2v) is 8.15. The van der Waals surface area contributed by atoms with Crippen molar-refractivity contribution in [2.24, 2.45) is 5.92 Å². The van der Waals surface area contributed by atoms with Crippen LogP contribution in [0.25, 0.3) is 0 Å². The Morgan fingerprint density at radius 3 is 2.62 bits per heavy atom. The lowest BCUT2D eigenvalue weighted by molar-refractivity contribution is -0.139. The Morgan fingerprint density at radius 2 is 1.91 bits per heavy atom. The lowest BCUT2D eigenvalue weighted by Gasteiger charge is -2.23. The number of benzene rings is 2. The third kappa shape index (κ3) is 5.87. The maximum absolute atomic E-state index is 13.1. The number of hydrogen-bond acceptors (Lipinski definition) is 5. The van der Waals surface area contributed by atoms with Gasteiger partial charge in [0.1, 0.15) is 0 Å². The molecule has 2 heterocycles. The minimum absolute atomic E-state index is 0.146. The van der Waals surface area contributed by atoms with Crippen LogP contribution in [0.2, 0.25) is 0 Å². The molecule has 1 saturated heterocycles. The first kappa shape index (κ1) is 23.3. The molecule has 2 N–H and O–H groups in total. The Morgan fingerprint density at radius 1 is 1.19 bits per heavy atom. The number of fused-ring (bicyclic) bond motifs is 1. The molecular weight excluding hydrogens is 408 g/mol.